The van der Waals surface area contributed by atoms with Crippen molar-refractivity contribution in [1.82, 2.24) is 0 Å². The van der Waals surface area contributed by atoms with Gasteiger partial charge in [0, 0.05) is 0 Å². The van der Waals surface area contributed by atoms with Gasteiger partial charge < -0.3 is 5.11 Å². The predicted molar refractivity (Wildman–Crippen MR) is 67.0 cm³/mol. The quantitative estimate of drug-likeness (QED) is 0.784. The van der Waals surface area contributed by atoms with E-state index in [9.17, 15) is 13.9 Å². The first-order valence-corrected chi connectivity index (χ1v) is 6.24. The van der Waals surface area contributed by atoms with Gasteiger partial charge >= 0.3 is 0 Å². The molecule has 1 aromatic rings. The van der Waals surface area contributed by atoms with Gasteiger partial charge in [-0.05, 0) is 47.9 Å². The van der Waals surface area contributed by atoms with Gasteiger partial charge in [0.2, 0.25) is 0 Å². The molecule has 1 aromatic carbocycles. The number of aliphatic hydroxyl groups excluding tert-OH is 1. The number of allylic oxidation sites excluding steroid dienone is 1. The Morgan fingerprint density at radius 1 is 1.22 bits per heavy atom. The molecule has 1 unspecified atom stereocenters. The molecular formula is C15H18F2O. The Labute approximate surface area is 106 Å². The molecular weight excluding hydrogens is 234 g/mol. The average molecular weight is 252 g/mol. The third-order valence-electron chi connectivity index (χ3n) is 3.47. The zero-order valence-corrected chi connectivity index (χ0v) is 10.7. The molecule has 0 heterocycles. The third-order valence-corrected chi connectivity index (χ3v) is 3.47. The molecule has 2 rings (SSSR count). The van der Waals surface area contributed by atoms with E-state index in [2.05, 4.69) is 19.9 Å². The van der Waals surface area contributed by atoms with Crippen molar-refractivity contribution in [2.75, 3.05) is 0 Å². The summed E-state index contributed by atoms with van der Waals surface area (Å²) < 4.78 is 26.0. The molecule has 0 radical (unpaired) electrons. The SMILES string of the molecule is CC1(C)C=C(C(O)c2ccc(F)c(F)c2)CCC1. The monoisotopic (exact) mass is 252 g/mol. The molecule has 18 heavy (non-hydrogen) atoms. The van der Waals surface area contributed by atoms with E-state index < -0.39 is 17.7 Å². The number of benzene rings is 1. The summed E-state index contributed by atoms with van der Waals surface area (Å²) in [6, 6.07) is 3.57. The molecule has 0 aliphatic heterocycles. The van der Waals surface area contributed by atoms with E-state index in [4.69, 9.17) is 0 Å². The molecule has 1 N–H and O–H groups in total. The van der Waals surface area contributed by atoms with Gasteiger partial charge in [0.15, 0.2) is 11.6 Å². The summed E-state index contributed by atoms with van der Waals surface area (Å²) in [5, 5.41) is 10.2. The minimum absolute atomic E-state index is 0.0626. The summed E-state index contributed by atoms with van der Waals surface area (Å²) in [6.45, 7) is 4.23. The van der Waals surface area contributed by atoms with Gasteiger partial charge in [0.05, 0.1) is 0 Å². The molecule has 98 valence electrons. The molecule has 1 aliphatic carbocycles. The van der Waals surface area contributed by atoms with Crippen molar-refractivity contribution < 1.29 is 13.9 Å². The van der Waals surface area contributed by atoms with Gasteiger partial charge in [-0.15, -0.1) is 0 Å². The zero-order chi connectivity index (χ0) is 13.3. The first-order valence-electron chi connectivity index (χ1n) is 6.24. The highest BCUT2D eigenvalue weighted by molar-refractivity contribution is 5.29. The fourth-order valence-corrected chi connectivity index (χ4v) is 2.51. The maximum atomic E-state index is 13.2. The molecule has 1 aliphatic rings. The van der Waals surface area contributed by atoms with Crippen molar-refractivity contribution >= 4 is 0 Å². The maximum Gasteiger partial charge on any atom is 0.159 e. The highest BCUT2D eigenvalue weighted by Crippen LogP contribution is 2.38. The zero-order valence-electron chi connectivity index (χ0n) is 10.7. The number of hydrogen-bond acceptors (Lipinski definition) is 1. The summed E-state index contributed by atoms with van der Waals surface area (Å²) in [5.74, 6) is -1.80. The first kappa shape index (κ1) is 13.2. The lowest BCUT2D eigenvalue weighted by Gasteiger charge is -2.29. The Kier molecular flexibility index (Phi) is 3.53. The van der Waals surface area contributed by atoms with Crippen molar-refractivity contribution in [3.8, 4) is 0 Å². The summed E-state index contributed by atoms with van der Waals surface area (Å²) in [7, 11) is 0. The van der Waals surface area contributed by atoms with E-state index in [-0.39, 0.29) is 5.41 Å². The van der Waals surface area contributed by atoms with Crippen LogP contribution in [0.15, 0.2) is 29.8 Å². The maximum absolute atomic E-state index is 13.2. The minimum atomic E-state index is -0.915. The number of halogens is 2. The van der Waals surface area contributed by atoms with Crippen LogP contribution >= 0.6 is 0 Å². The van der Waals surface area contributed by atoms with E-state index in [0.717, 1.165) is 37.0 Å². The van der Waals surface area contributed by atoms with Gasteiger partial charge in [-0.1, -0.05) is 26.0 Å². The topological polar surface area (TPSA) is 20.2 Å². The van der Waals surface area contributed by atoms with Crippen LogP contribution in [0.2, 0.25) is 0 Å². The Morgan fingerprint density at radius 3 is 2.56 bits per heavy atom. The standard InChI is InChI=1S/C15H18F2O/c1-15(2)7-3-4-11(9-15)14(18)10-5-6-12(16)13(17)8-10/h5-6,8-9,14,18H,3-4,7H2,1-2H3. The van der Waals surface area contributed by atoms with E-state index in [1.807, 2.05) is 0 Å². The predicted octanol–water partition coefficient (Wildman–Crippen LogP) is 4.13. The lowest BCUT2D eigenvalue weighted by Crippen LogP contribution is -2.16. The molecule has 0 bridgehead atoms. The van der Waals surface area contributed by atoms with Crippen LogP contribution in [0, 0.1) is 17.0 Å². The van der Waals surface area contributed by atoms with Crippen molar-refractivity contribution in [3.05, 3.63) is 47.0 Å². The van der Waals surface area contributed by atoms with Gasteiger partial charge in [0.25, 0.3) is 0 Å². The van der Waals surface area contributed by atoms with Crippen LogP contribution in [-0.4, -0.2) is 5.11 Å². The molecule has 3 heteroatoms. The van der Waals surface area contributed by atoms with Crippen LogP contribution in [0.3, 0.4) is 0 Å². The van der Waals surface area contributed by atoms with E-state index >= 15 is 0 Å². The van der Waals surface area contributed by atoms with Crippen LogP contribution in [0.4, 0.5) is 8.78 Å². The summed E-state index contributed by atoms with van der Waals surface area (Å²) in [5.41, 5.74) is 1.38. The molecule has 0 amide bonds. The van der Waals surface area contributed by atoms with Gasteiger partial charge in [-0.3, -0.25) is 0 Å². The molecule has 1 atom stereocenters. The van der Waals surface area contributed by atoms with Crippen LogP contribution in [0.5, 0.6) is 0 Å². The van der Waals surface area contributed by atoms with E-state index in [0.29, 0.717) is 5.56 Å². The van der Waals surface area contributed by atoms with Crippen LogP contribution in [-0.2, 0) is 0 Å². The Hall–Kier alpha value is -1.22. The van der Waals surface area contributed by atoms with Crippen molar-refractivity contribution in [2.45, 2.75) is 39.2 Å². The lowest BCUT2D eigenvalue weighted by atomic mass is 9.77. The molecule has 0 fully saturated rings. The fraction of sp³-hybridized carbons (Fsp3) is 0.467. The lowest BCUT2D eigenvalue weighted by molar-refractivity contribution is 0.201. The van der Waals surface area contributed by atoms with Gasteiger partial charge in [-0.2, -0.15) is 0 Å². The number of rotatable bonds is 2. The molecule has 0 aromatic heterocycles. The Balaban J connectivity index is 2.28. The Bertz CT molecular complexity index is 477. The average Bonchev–Trinajstić information content (AvgIpc) is 2.30. The largest absolute Gasteiger partial charge is 0.384 e. The summed E-state index contributed by atoms with van der Waals surface area (Å²) >= 11 is 0. The van der Waals surface area contributed by atoms with Gasteiger partial charge in [0.1, 0.15) is 6.10 Å². The molecule has 0 saturated heterocycles. The highest BCUT2D eigenvalue weighted by atomic mass is 19.2. The Morgan fingerprint density at radius 2 is 1.94 bits per heavy atom. The summed E-state index contributed by atoms with van der Waals surface area (Å²) in [4.78, 5) is 0. The van der Waals surface area contributed by atoms with Gasteiger partial charge in [-0.25, -0.2) is 8.78 Å². The number of hydrogen-bond donors (Lipinski definition) is 1. The molecule has 0 spiro atoms. The van der Waals surface area contributed by atoms with Crippen LogP contribution in [0.25, 0.3) is 0 Å². The highest BCUT2D eigenvalue weighted by Gasteiger charge is 2.24. The number of aliphatic hydroxyl groups is 1. The van der Waals surface area contributed by atoms with E-state index in [1.54, 1.807) is 0 Å². The first-order chi connectivity index (χ1) is 8.39. The normalized spacial score (nSPS) is 20.4. The summed E-state index contributed by atoms with van der Waals surface area (Å²) in [6.07, 6.45) is 4.13. The second-order valence-electron chi connectivity index (χ2n) is 5.64. The van der Waals surface area contributed by atoms with Crippen molar-refractivity contribution in [1.29, 1.82) is 0 Å². The molecule has 0 saturated carbocycles. The van der Waals surface area contributed by atoms with Crippen molar-refractivity contribution in [2.24, 2.45) is 5.41 Å². The smallest absolute Gasteiger partial charge is 0.159 e. The third kappa shape index (κ3) is 2.78. The minimum Gasteiger partial charge on any atom is -0.384 e. The van der Waals surface area contributed by atoms with E-state index in [1.165, 1.54) is 6.07 Å². The van der Waals surface area contributed by atoms with Crippen LogP contribution < -0.4 is 0 Å². The second-order valence-corrected chi connectivity index (χ2v) is 5.64. The second kappa shape index (κ2) is 4.81. The fourth-order valence-electron chi connectivity index (χ4n) is 2.51. The molecule has 1 nitrogen and oxygen atoms in total. The van der Waals surface area contributed by atoms with Crippen molar-refractivity contribution in [3.63, 3.8) is 0 Å². The van der Waals surface area contributed by atoms with Crippen LogP contribution in [0.1, 0.15) is 44.8 Å².